The fraction of sp³-hybridized carbons (Fsp3) is 0.800. The van der Waals surface area contributed by atoms with Crippen molar-refractivity contribution in [2.45, 2.75) is 162 Å². The van der Waals surface area contributed by atoms with E-state index in [1.807, 2.05) is 6.92 Å². The van der Waals surface area contributed by atoms with Gasteiger partial charge in [-0.15, -0.1) is 0 Å². The predicted octanol–water partition coefficient (Wildman–Crippen LogP) is 9.24. The molecule has 0 N–H and O–H groups in total. The van der Waals surface area contributed by atoms with Gasteiger partial charge in [-0.25, -0.2) is 4.79 Å². The Morgan fingerprint density at radius 1 is 0.783 bits per heavy atom. The number of esters is 1. The maximum atomic E-state index is 13.6. The molecule has 262 valence electrons. The first-order valence-corrected chi connectivity index (χ1v) is 18.7. The zero-order valence-electron chi connectivity index (χ0n) is 30.5. The van der Waals surface area contributed by atoms with E-state index < -0.39 is 6.04 Å². The SMILES string of the molecule is COC1CC2CC[C@@H](C)C(CC(=O)N3CCCC3C(=O)OC(C)CC[C@H](C)CC(C)CCC[C@H](C)C[C@H](C)C=CC=CC=C1C)O2. The smallest absolute Gasteiger partial charge is 0.329 e. The Balaban J connectivity index is 1.70. The number of amides is 1. The third kappa shape index (κ3) is 12.9. The Labute approximate surface area is 281 Å². The first kappa shape index (κ1) is 38.5. The molecule has 3 heterocycles. The van der Waals surface area contributed by atoms with E-state index in [0.717, 1.165) is 44.4 Å². The highest BCUT2D eigenvalue weighted by molar-refractivity contribution is 5.85. The molecule has 6 heteroatoms. The average Bonchev–Trinajstić information content (AvgIpc) is 3.50. The van der Waals surface area contributed by atoms with Crippen LogP contribution in [-0.2, 0) is 23.8 Å². The first-order chi connectivity index (χ1) is 22.0. The predicted molar refractivity (Wildman–Crippen MR) is 188 cm³/mol. The van der Waals surface area contributed by atoms with Crippen LogP contribution in [0.15, 0.2) is 36.0 Å². The molecule has 6 unspecified atom stereocenters. The minimum absolute atomic E-state index is 0.0115. The lowest BCUT2D eigenvalue weighted by Gasteiger charge is -2.37. The molecule has 2 saturated heterocycles. The van der Waals surface area contributed by atoms with E-state index in [1.165, 1.54) is 37.7 Å². The van der Waals surface area contributed by atoms with Crippen LogP contribution in [0.4, 0.5) is 0 Å². The lowest BCUT2D eigenvalue weighted by molar-refractivity contribution is -0.160. The molecule has 0 aromatic carbocycles. The monoisotopic (exact) mass is 642 g/mol. The van der Waals surface area contributed by atoms with E-state index in [0.29, 0.717) is 43.1 Å². The van der Waals surface area contributed by atoms with Gasteiger partial charge in [0.1, 0.15) is 6.04 Å². The fourth-order valence-corrected chi connectivity index (χ4v) is 7.87. The normalized spacial score (nSPS) is 37.4. The number of nitrogens with zero attached hydrogens (tertiary/aromatic N) is 1. The average molecular weight is 642 g/mol. The maximum absolute atomic E-state index is 13.6. The molecule has 0 aromatic rings. The second-order valence-corrected chi connectivity index (χ2v) is 15.5. The molecule has 10 atom stereocenters. The molecule has 0 aromatic heterocycles. The van der Waals surface area contributed by atoms with E-state index in [9.17, 15) is 9.59 Å². The quantitative estimate of drug-likeness (QED) is 0.267. The fourth-order valence-electron chi connectivity index (χ4n) is 7.87. The summed E-state index contributed by atoms with van der Waals surface area (Å²) >= 11 is 0. The number of carbonyl (C=O) groups excluding carboxylic acids is 2. The van der Waals surface area contributed by atoms with Crippen molar-refractivity contribution in [2.75, 3.05) is 13.7 Å². The summed E-state index contributed by atoms with van der Waals surface area (Å²) in [5, 5.41) is 0. The van der Waals surface area contributed by atoms with Crippen molar-refractivity contribution in [3.63, 3.8) is 0 Å². The minimum atomic E-state index is -0.475. The minimum Gasteiger partial charge on any atom is -0.461 e. The van der Waals surface area contributed by atoms with Crippen LogP contribution in [0.3, 0.4) is 0 Å². The van der Waals surface area contributed by atoms with Crippen LogP contribution in [0.2, 0.25) is 0 Å². The topological polar surface area (TPSA) is 65.1 Å². The maximum Gasteiger partial charge on any atom is 0.329 e. The van der Waals surface area contributed by atoms with E-state index in [2.05, 4.69) is 71.9 Å². The molecule has 3 rings (SSSR count). The van der Waals surface area contributed by atoms with Crippen LogP contribution < -0.4 is 0 Å². The summed E-state index contributed by atoms with van der Waals surface area (Å²) < 4.78 is 18.4. The van der Waals surface area contributed by atoms with Crippen LogP contribution in [-0.4, -0.2) is 60.9 Å². The Hall–Kier alpha value is -1.92. The Morgan fingerprint density at radius 3 is 2.24 bits per heavy atom. The van der Waals surface area contributed by atoms with Crippen LogP contribution in [0.25, 0.3) is 0 Å². The summed E-state index contributed by atoms with van der Waals surface area (Å²) in [4.78, 5) is 28.6. The summed E-state index contributed by atoms with van der Waals surface area (Å²) in [7, 11) is 1.76. The first-order valence-electron chi connectivity index (χ1n) is 18.7. The lowest BCUT2D eigenvalue weighted by Crippen LogP contribution is -2.45. The highest BCUT2D eigenvalue weighted by Crippen LogP contribution is 2.32. The van der Waals surface area contributed by atoms with Crippen molar-refractivity contribution in [2.24, 2.45) is 29.6 Å². The molecule has 0 radical (unpaired) electrons. The highest BCUT2D eigenvalue weighted by Gasteiger charge is 2.39. The number of ether oxygens (including phenoxy) is 3. The Morgan fingerprint density at radius 2 is 1.50 bits per heavy atom. The zero-order chi connectivity index (χ0) is 33.6. The van der Waals surface area contributed by atoms with Gasteiger partial charge < -0.3 is 19.1 Å². The van der Waals surface area contributed by atoms with Gasteiger partial charge in [-0.05, 0) is 100 Å². The Kier molecular flexibility index (Phi) is 16.6. The largest absolute Gasteiger partial charge is 0.461 e. The van der Waals surface area contributed by atoms with Gasteiger partial charge in [-0.3, -0.25) is 4.79 Å². The van der Waals surface area contributed by atoms with Crippen molar-refractivity contribution in [1.82, 2.24) is 4.90 Å². The lowest BCUT2D eigenvalue weighted by atomic mass is 9.87. The Bertz CT molecular complexity index is 1020. The molecule has 46 heavy (non-hydrogen) atoms. The molecular weight excluding hydrogens is 574 g/mol. The summed E-state index contributed by atoms with van der Waals surface area (Å²) in [6, 6.07) is -0.475. The molecule has 0 saturated carbocycles. The van der Waals surface area contributed by atoms with Crippen molar-refractivity contribution in [1.29, 1.82) is 0 Å². The van der Waals surface area contributed by atoms with Crippen molar-refractivity contribution in [3.8, 4) is 0 Å². The van der Waals surface area contributed by atoms with Gasteiger partial charge in [-0.2, -0.15) is 0 Å². The standard InChI is InChI=1S/C40H67NO5/c1-28-14-10-9-11-17-32(5)37(44-8)26-35-22-20-33(6)38(46-35)27-39(42)41-23-13-18-36(41)40(43)45-34(7)21-19-31(4)25-30(3)16-12-15-29(2)24-28/h9-11,14,17,28-31,33-38H,12-13,15-16,18-27H2,1-8H3/t28-,29+,30?,31+,33-,34?,35?,36?,37?,38?/m1/s1. The van der Waals surface area contributed by atoms with Crippen molar-refractivity contribution < 1.29 is 23.8 Å². The number of cyclic esters (lactones) is 1. The van der Waals surface area contributed by atoms with E-state index in [1.54, 1.807) is 12.0 Å². The number of allylic oxidation sites excluding steroid dienone is 5. The summed E-state index contributed by atoms with van der Waals surface area (Å²) in [6.07, 6.45) is 23.4. The third-order valence-corrected chi connectivity index (χ3v) is 10.8. The molecule has 2 bridgehead atoms. The van der Waals surface area contributed by atoms with Gasteiger partial charge in [0.05, 0.1) is 30.8 Å². The van der Waals surface area contributed by atoms with Crippen LogP contribution >= 0.6 is 0 Å². The molecule has 1 amide bonds. The number of hydrogen-bond donors (Lipinski definition) is 0. The van der Waals surface area contributed by atoms with Crippen molar-refractivity contribution in [3.05, 3.63) is 36.0 Å². The molecule has 3 aliphatic rings. The van der Waals surface area contributed by atoms with Crippen LogP contribution in [0.5, 0.6) is 0 Å². The molecule has 2 fully saturated rings. The second-order valence-electron chi connectivity index (χ2n) is 15.5. The van der Waals surface area contributed by atoms with Gasteiger partial charge in [0.15, 0.2) is 0 Å². The summed E-state index contributed by atoms with van der Waals surface area (Å²) in [6.45, 7) is 16.4. The summed E-state index contributed by atoms with van der Waals surface area (Å²) in [5.41, 5.74) is 1.17. The second kappa shape index (κ2) is 19.8. The van der Waals surface area contributed by atoms with Gasteiger partial charge in [0, 0.05) is 20.1 Å². The number of carbonyl (C=O) groups is 2. The van der Waals surface area contributed by atoms with Gasteiger partial charge in [0.2, 0.25) is 5.91 Å². The number of rotatable bonds is 1. The molecule has 3 aliphatic heterocycles. The number of hydrogen-bond acceptors (Lipinski definition) is 5. The van der Waals surface area contributed by atoms with Gasteiger partial charge in [-0.1, -0.05) is 84.3 Å². The van der Waals surface area contributed by atoms with Gasteiger partial charge >= 0.3 is 5.97 Å². The third-order valence-electron chi connectivity index (χ3n) is 10.8. The number of methoxy groups -OCH3 is 1. The molecule has 0 aliphatic carbocycles. The molecule has 0 spiro atoms. The number of fused-ring (bicyclic) bond motifs is 3. The zero-order valence-corrected chi connectivity index (χ0v) is 30.5. The molecule has 6 nitrogen and oxygen atoms in total. The van der Waals surface area contributed by atoms with E-state index >= 15 is 0 Å². The van der Waals surface area contributed by atoms with Crippen molar-refractivity contribution >= 4 is 11.9 Å². The van der Waals surface area contributed by atoms with E-state index in [4.69, 9.17) is 14.2 Å². The highest BCUT2D eigenvalue weighted by atomic mass is 16.5. The van der Waals surface area contributed by atoms with Crippen LogP contribution in [0.1, 0.15) is 132 Å². The van der Waals surface area contributed by atoms with Gasteiger partial charge in [0.25, 0.3) is 0 Å². The van der Waals surface area contributed by atoms with E-state index in [-0.39, 0.29) is 36.3 Å². The summed E-state index contributed by atoms with van der Waals surface area (Å²) in [5.74, 6) is 2.65. The molecular formula is C40H67NO5. The van der Waals surface area contributed by atoms with Crippen LogP contribution in [0, 0.1) is 29.6 Å².